The molecule has 4 heteroatoms. The molecular formula is C24H45BrN2O. The van der Waals surface area contributed by atoms with Crippen LogP contribution in [0, 0.1) is 0 Å². The van der Waals surface area contributed by atoms with Crippen molar-refractivity contribution < 1.29 is 26.6 Å². The summed E-state index contributed by atoms with van der Waals surface area (Å²) < 4.78 is 0.686. The molecule has 0 aliphatic carbocycles. The summed E-state index contributed by atoms with van der Waals surface area (Å²) in [5, 5.41) is 9.32. The van der Waals surface area contributed by atoms with Crippen LogP contribution in [-0.4, -0.2) is 35.1 Å². The van der Waals surface area contributed by atoms with Crippen molar-refractivity contribution >= 4 is 5.84 Å². The second-order valence-corrected chi connectivity index (χ2v) is 8.02. The second-order valence-electron chi connectivity index (χ2n) is 8.02. The number of allylic oxidation sites excluding steroid dienone is 1. The highest BCUT2D eigenvalue weighted by Gasteiger charge is 2.31. The molecule has 1 rings (SSSR count). The van der Waals surface area contributed by atoms with Crippen molar-refractivity contribution in [3.8, 4) is 0 Å². The van der Waals surface area contributed by atoms with Crippen LogP contribution in [0.1, 0.15) is 104 Å². The van der Waals surface area contributed by atoms with Crippen LogP contribution in [0.3, 0.4) is 0 Å². The first-order valence-corrected chi connectivity index (χ1v) is 11.7. The summed E-state index contributed by atoms with van der Waals surface area (Å²) in [6, 6.07) is 0. The minimum Gasteiger partial charge on any atom is -1.00 e. The zero-order chi connectivity index (χ0) is 19.6. The zero-order valence-corrected chi connectivity index (χ0v) is 20.1. The number of quaternary nitrogens is 1. The maximum Gasteiger partial charge on any atom is 0.232 e. The highest BCUT2D eigenvalue weighted by atomic mass is 79.9. The van der Waals surface area contributed by atoms with E-state index in [-0.39, 0.29) is 23.6 Å². The Hall–Kier alpha value is -0.450. The van der Waals surface area contributed by atoms with Gasteiger partial charge in [0.1, 0.15) is 12.7 Å². The Morgan fingerprint density at radius 1 is 0.857 bits per heavy atom. The number of aliphatic imine (C=N–C) groups is 1. The van der Waals surface area contributed by atoms with E-state index in [0.717, 1.165) is 25.3 Å². The molecule has 0 aromatic heterocycles. The van der Waals surface area contributed by atoms with Crippen molar-refractivity contribution in [3.63, 3.8) is 0 Å². The molecule has 1 heterocycles. The van der Waals surface area contributed by atoms with Gasteiger partial charge in [-0.05, 0) is 19.8 Å². The highest BCUT2D eigenvalue weighted by molar-refractivity contribution is 5.89. The fourth-order valence-electron chi connectivity index (χ4n) is 3.88. The predicted molar refractivity (Wildman–Crippen MR) is 119 cm³/mol. The summed E-state index contributed by atoms with van der Waals surface area (Å²) in [4.78, 5) is 4.49. The van der Waals surface area contributed by atoms with E-state index in [1.165, 1.54) is 83.5 Å². The third kappa shape index (κ3) is 11.5. The number of halogens is 1. The van der Waals surface area contributed by atoms with E-state index in [2.05, 4.69) is 37.2 Å². The van der Waals surface area contributed by atoms with Crippen molar-refractivity contribution in [3.05, 3.63) is 24.6 Å². The number of nitrogens with zero attached hydrogens (tertiary/aromatic N) is 2. The van der Waals surface area contributed by atoms with E-state index >= 15 is 0 Å². The van der Waals surface area contributed by atoms with Crippen molar-refractivity contribution in [1.82, 2.24) is 0 Å². The molecule has 0 aromatic rings. The summed E-state index contributed by atoms with van der Waals surface area (Å²) in [5.74, 6) is 1.07. The number of aliphatic hydroxyl groups excluding tert-OH is 1. The highest BCUT2D eigenvalue weighted by Crippen LogP contribution is 2.18. The van der Waals surface area contributed by atoms with Gasteiger partial charge in [0.15, 0.2) is 0 Å². The van der Waals surface area contributed by atoms with Gasteiger partial charge in [-0.25, -0.2) is 4.48 Å². The minimum absolute atomic E-state index is 0. The Labute approximate surface area is 185 Å². The standard InChI is InChI=1S/C24H45N2O.BrH/c1-3-5-6-7-8-9-10-11-12-13-14-15-16-17-18-19-24-25-20-21-26(24,4-2)22-23-27;/h18-21,27H,3-17,22-23H2,1-2H3;1H/q+1;/p-1. The minimum atomic E-state index is 0. The molecule has 0 saturated carbocycles. The van der Waals surface area contributed by atoms with Crippen molar-refractivity contribution in [1.29, 1.82) is 0 Å². The Balaban J connectivity index is 0.00000729. The molecule has 1 atom stereocenters. The monoisotopic (exact) mass is 456 g/mol. The fraction of sp³-hybridized carbons (Fsp3) is 0.792. The van der Waals surface area contributed by atoms with Crippen LogP contribution in [0.4, 0.5) is 0 Å². The topological polar surface area (TPSA) is 32.6 Å². The molecule has 1 N–H and O–H groups in total. The van der Waals surface area contributed by atoms with Gasteiger partial charge in [-0.15, -0.1) is 0 Å². The van der Waals surface area contributed by atoms with E-state index in [0.29, 0.717) is 4.48 Å². The lowest BCUT2D eigenvalue weighted by atomic mass is 10.0. The SMILES string of the molecule is CCCCCCCCCCCCCCCC=CC1=NC=C[N+]1(CC)CCO.[Br-]. The number of hydrogen-bond donors (Lipinski definition) is 1. The predicted octanol–water partition coefficient (Wildman–Crippen LogP) is 3.74. The van der Waals surface area contributed by atoms with E-state index in [1.807, 2.05) is 6.20 Å². The Bertz CT molecular complexity index is 448. The second kappa shape index (κ2) is 18.6. The largest absolute Gasteiger partial charge is 1.00 e. The summed E-state index contributed by atoms with van der Waals surface area (Å²) in [6.07, 6.45) is 27.8. The summed E-state index contributed by atoms with van der Waals surface area (Å²) in [5.41, 5.74) is 0. The van der Waals surface area contributed by atoms with Crippen LogP contribution < -0.4 is 17.0 Å². The molecule has 1 unspecified atom stereocenters. The molecule has 164 valence electrons. The van der Waals surface area contributed by atoms with Gasteiger partial charge in [-0.3, -0.25) is 0 Å². The molecule has 0 fully saturated rings. The third-order valence-electron chi connectivity index (χ3n) is 5.82. The van der Waals surface area contributed by atoms with Gasteiger partial charge in [0, 0.05) is 6.08 Å². The number of amidine groups is 1. The first-order valence-electron chi connectivity index (χ1n) is 11.7. The summed E-state index contributed by atoms with van der Waals surface area (Å²) in [7, 11) is 0. The Morgan fingerprint density at radius 2 is 1.39 bits per heavy atom. The van der Waals surface area contributed by atoms with E-state index in [1.54, 1.807) is 0 Å². The fourth-order valence-corrected chi connectivity index (χ4v) is 3.88. The van der Waals surface area contributed by atoms with E-state index in [4.69, 9.17) is 0 Å². The lowest BCUT2D eigenvalue weighted by molar-refractivity contribution is -0.783. The Morgan fingerprint density at radius 3 is 1.89 bits per heavy atom. The maximum absolute atomic E-state index is 9.32. The van der Waals surface area contributed by atoms with Crippen LogP contribution in [-0.2, 0) is 0 Å². The Kier molecular flexibility index (Phi) is 18.3. The first kappa shape index (κ1) is 27.5. The van der Waals surface area contributed by atoms with Gasteiger partial charge < -0.3 is 22.1 Å². The van der Waals surface area contributed by atoms with Crippen LogP contribution in [0.25, 0.3) is 0 Å². The zero-order valence-electron chi connectivity index (χ0n) is 18.5. The van der Waals surface area contributed by atoms with Crippen LogP contribution in [0.5, 0.6) is 0 Å². The molecule has 0 amide bonds. The number of hydrogen-bond acceptors (Lipinski definition) is 2. The van der Waals surface area contributed by atoms with Gasteiger partial charge in [0.2, 0.25) is 5.84 Å². The molecule has 3 nitrogen and oxygen atoms in total. The van der Waals surface area contributed by atoms with Crippen LogP contribution >= 0.6 is 0 Å². The van der Waals surface area contributed by atoms with Crippen molar-refractivity contribution in [2.75, 3.05) is 19.7 Å². The lowest BCUT2D eigenvalue weighted by Crippen LogP contribution is -3.00. The average molecular weight is 458 g/mol. The van der Waals surface area contributed by atoms with Gasteiger partial charge in [-0.1, -0.05) is 90.0 Å². The van der Waals surface area contributed by atoms with Gasteiger partial charge >= 0.3 is 0 Å². The molecule has 0 bridgehead atoms. The van der Waals surface area contributed by atoms with Crippen molar-refractivity contribution in [2.45, 2.75) is 104 Å². The maximum atomic E-state index is 9.32. The van der Waals surface area contributed by atoms with Gasteiger partial charge in [0.05, 0.1) is 19.4 Å². The van der Waals surface area contributed by atoms with Crippen LogP contribution in [0.2, 0.25) is 0 Å². The van der Waals surface area contributed by atoms with Gasteiger partial charge in [-0.2, -0.15) is 4.99 Å². The smallest absolute Gasteiger partial charge is 0.232 e. The lowest BCUT2D eigenvalue weighted by Gasteiger charge is -2.28. The first-order chi connectivity index (χ1) is 13.3. The quantitative estimate of drug-likeness (QED) is 0.247. The van der Waals surface area contributed by atoms with E-state index in [9.17, 15) is 5.11 Å². The number of aliphatic hydroxyl groups is 1. The summed E-state index contributed by atoms with van der Waals surface area (Å²) >= 11 is 0. The molecule has 0 spiro atoms. The average Bonchev–Trinajstić information content (AvgIpc) is 3.08. The van der Waals surface area contributed by atoms with Crippen molar-refractivity contribution in [2.24, 2.45) is 4.99 Å². The molecule has 1 aliphatic heterocycles. The number of rotatable bonds is 18. The molecule has 0 aromatic carbocycles. The van der Waals surface area contributed by atoms with Gasteiger partial charge in [0.25, 0.3) is 0 Å². The molecule has 0 radical (unpaired) electrons. The normalized spacial score (nSPS) is 18.6. The van der Waals surface area contributed by atoms with Crippen LogP contribution in [0.15, 0.2) is 29.5 Å². The molecule has 0 saturated heterocycles. The number of likely N-dealkylation sites (N-methyl/N-ethyl adjacent to an activating group) is 1. The molecule has 1 aliphatic rings. The molecular weight excluding hydrogens is 412 g/mol. The summed E-state index contributed by atoms with van der Waals surface area (Å²) in [6.45, 7) is 6.30. The number of unbranched alkanes of at least 4 members (excludes halogenated alkanes) is 13. The third-order valence-corrected chi connectivity index (χ3v) is 5.82. The van der Waals surface area contributed by atoms with E-state index < -0.39 is 0 Å². The molecule has 28 heavy (non-hydrogen) atoms.